The number of hydrogen-bond donors (Lipinski definition) is 3. The largest absolute Gasteiger partial charge is 0.494 e. The van der Waals surface area contributed by atoms with Gasteiger partial charge in [-0.3, -0.25) is 10.2 Å². The lowest BCUT2D eigenvalue weighted by Crippen LogP contribution is -2.52. The number of nitrogens with one attached hydrogen (secondary N) is 2. The number of hydrogen-bond acceptors (Lipinski definition) is 6. The van der Waals surface area contributed by atoms with Crippen molar-refractivity contribution in [1.82, 2.24) is 10.9 Å². The first-order valence-electron chi connectivity index (χ1n) is 15.1. The molecule has 0 fully saturated rings. The molecule has 7 heteroatoms. The van der Waals surface area contributed by atoms with Crippen LogP contribution in [-0.4, -0.2) is 42.2 Å². The second-order valence-corrected chi connectivity index (χ2v) is 10.7. The summed E-state index contributed by atoms with van der Waals surface area (Å²) in [4.78, 5) is 19.2. The summed E-state index contributed by atoms with van der Waals surface area (Å²) < 4.78 is 12.3. The van der Waals surface area contributed by atoms with Crippen molar-refractivity contribution in [3.05, 3.63) is 132 Å². The number of aliphatic hydroxyl groups excluding tert-OH is 1. The average molecular weight is 590 g/mol. The molecular formula is C37H39N3O4. The van der Waals surface area contributed by atoms with Gasteiger partial charge in [0.1, 0.15) is 5.75 Å². The van der Waals surface area contributed by atoms with Gasteiger partial charge >= 0.3 is 0 Å². The fourth-order valence-corrected chi connectivity index (χ4v) is 5.11. The molecule has 0 saturated carbocycles. The number of benzene rings is 4. The molecule has 7 nitrogen and oxygen atoms in total. The zero-order valence-corrected chi connectivity index (χ0v) is 25.0. The molecule has 0 radical (unpaired) electrons. The van der Waals surface area contributed by atoms with Crippen LogP contribution in [-0.2, 0) is 9.53 Å². The van der Waals surface area contributed by atoms with Gasteiger partial charge in [0.05, 0.1) is 6.61 Å². The van der Waals surface area contributed by atoms with E-state index in [0.717, 1.165) is 34.2 Å². The third-order valence-corrected chi connectivity index (χ3v) is 7.47. The van der Waals surface area contributed by atoms with Crippen LogP contribution in [0.25, 0.3) is 17.2 Å². The van der Waals surface area contributed by atoms with Gasteiger partial charge < -0.3 is 14.6 Å². The molecule has 1 heterocycles. The highest BCUT2D eigenvalue weighted by Crippen LogP contribution is 2.43. The lowest BCUT2D eigenvalue weighted by atomic mass is 9.84. The van der Waals surface area contributed by atoms with Crippen LogP contribution in [0.4, 0.5) is 0 Å². The van der Waals surface area contributed by atoms with Crippen LogP contribution < -0.4 is 15.6 Å². The van der Waals surface area contributed by atoms with Crippen molar-refractivity contribution >= 4 is 17.9 Å². The van der Waals surface area contributed by atoms with E-state index in [9.17, 15) is 4.79 Å². The lowest BCUT2D eigenvalue weighted by Gasteiger charge is -2.30. The number of carbonyl (C=O) groups is 1. The van der Waals surface area contributed by atoms with Crippen molar-refractivity contribution in [2.45, 2.75) is 37.8 Å². The minimum Gasteiger partial charge on any atom is -0.494 e. The predicted molar refractivity (Wildman–Crippen MR) is 175 cm³/mol. The Morgan fingerprint density at radius 1 is 0.909 bits per heavy atom. The Morgan fingerprint density at radius 3 is 2.25 bits per heavy atom. The third-order valence-electron chi connectivity index (χ3n) is 7.47. The highest BCUT2D eigenvalue weighted by molar-refractivity contribution is 6.01. The van der Waals surface area contributed by atoms with E-state index in [4.69, 9.17) is 19.6 Å². The van der Waals surface area contributed by atoms with Crippen LogP contribution in [0.5, 0.6) is 5.75 Å². The number of ether oxygens (including phenoxy) is 2. The lowest BCUT2D eigenvalue weighted by molar-refractivity contribution is -0.129. The highest BCUT2D eigenvalue weighted by Gasteiger charge is 2.52. The monoisotopic (exact) mass is 589 g/mol. The SMILES string of the molecule is CCCNNC(=O)[C@@]1(C/C=C/c2ccccc2)N=C(c2ccc(OCCCO)cc2)O[C@H]1c1ccc(-c2ccccc2)cc1. The first-order valence-corrected chi connectivity index (χ1v) is 15.1. The molecule has 0 unspecified atom stereocenters. The van der Waals surface area contributed by atoms with Crippen molar-refractivity contribution in [3.63, 3.8) is 0 Å². The molecule has 3 N–H and O–H groups in total. The Bertz CT molecular complexity index is 1540. The molecule has 0 bridgehead atoms. The van der Waals surface area contributed by atoms with Crippen LogP contribution in [0.3, 0.4) is 0 Å². The smallest absolute Gasteiger partial charge is 0.266 e. The minimum absolute atomic E-state index is 0.0758. The summed E-state index contributed by atoms with van der Waals surface area (Å²) in [6, 6.07) is 35.8. The van der Waals surface area contributed by atoms with E-state index in [0.29, 0.717) is 37.6 Å². The van der Waals surface area contributed by atoms with E-state index in [-0.39, 0.29) is 12.5 Å². The van der Waals surface area contributed by atoms with Gasteiger partial charge in [-0.2, -0.15) is 0 Å². The minimum atomic E-state index is -1.27. The molecule has 0 spiro atoms. The van der Waals surface area contributed by atoms with Crippen molar-refractivity contribution < 1.29 is 19.4 Å². The van der Waals surface area contributed by atoms with Crippen molar-refractivity contribution in [3.8, 4) is 16.9 Å². The van der Waals surface area contributed by atoms with Gasteiger partial charge in [-0.15, -0.1) is 0 Å². The highest BCUT2D eigenvalue weighted by atomic mass is 16.5. The van der Waals surface area contributed by atoms with E-state index < -0.39 is 11.6 Å². The summed E-state index contributed by atoms with van der Waals surface area (Å²) in [5.74, 6) is 0.815. The zero-order chi connectivity index (χ0) is 30.6. The van der Waals surface area contributed by atoms with Gasteiger partial charge in [-0.05, 0) is 52.9 Å². The maximum Gasteiger partial charge on any atom is 0.266 e. The second kappa shape index (κ2) is 15.1. The third kappa shape index (κ3) is 7.43. The van der Waals surface area contributed by atoms with Crippen LogP contribution in [0.2, 0.25) is 0 Å². The fraction of sp³-hybridized carbons (Fsp3) is 0.243. The van der Waals surface area contributed by atoms with Crippen molar-refractivity contribution in [2.24, 2.45) is 4.99 Å². The van der Waals surface area contributed by atoms with Gasteiger partial charge in [0, 0.05) is 31.6 Å². The standard InChI is InChI=1S/C37H39N3O4/c1-2-25-38-40-36(42)37(24-9-13-28-11-5-3-6-12-28)34(31-18-16-30(17-19-31)29-14-7-4-8-15-29)44-35(39-37)32-20-22-33(23-21-32)43-27-10-26-41/h3-9,11-23,34,38,41H,2,10,24-27H2,1H3,(H,40,42)/b13-9+/t34-,37-/m0/s1. The summed E-state index contributed by atoms with van der Waals surface area (Å²) in [5, 5.41) is 9.06. The van der Waals surface area contributed by atoms with Crippen LogP contribution in [0.1, 0.15) is 49.0 Å². The summed E-state index contributed by atoms with van der Waals surface area (Å²) in [5.41, 5.74) is 9.52. The number of aliphatic hydroxyl groups is 1. The second-order valence-electron chi connectivity index (χ2n) is 10.7. The van der Waals surface area contributed by atoms with Gasteiger partial charge in [0.25, 0.3) is 5.91 Å². The van der Waals surface area contributed by atoms with Crippen molar-refractivity contribution in [2.75, 3.05) is 19.8 Å². The molecule has 4 aromatic rings. The van der Waals surface area contributed by atoms with E-state index in [2.05, 4.69) is 35.1 Å². The fourth-order valence-electron chi connectivity index (χ4n) is 5.11. The van der Waals surface area contributed by atoms with Gasteiger partial charge in [-0.1, -0.05) is 104 Å². The Balaban J connectivity index is 1.52. The van der Waals surface area contributed by atoms with Crippen LogP contribution in [0.15, 0.2) is 120 Å². The number of rotatable bonds is 14. The normalized spacial score (nSPS) is 17.7. The number of carbonyl (C=O) groups excluding carboxylic acids is 1. The Labute approximate surface area is 259 Å². The summed E-state index contributed by atoms with van der Waals surface area (Å²) in [7, 11) is 0. The molecule has 226 valence electrons. The molecule has 1 aliphatic rings. The maximum atomic E-state index is 14.1. The van der Waals surface area contributed by atoms with E-state index in [1.54, 1.807) is 0 Å². The molecule has 1 amide bonds. The molecule has 4 aromatic carbocycles. The quantitative estimate of drug-likeness (QED) is 0.115. The number of nitrogens with zero attached hydrogens (tertiary/aromatic N) is 1. The van der Waals surface area contributed by atoms with Gasteiger partial charge in [-0.25, -0.2) is 10.4 Å². The number of amides is 1. The molecular weight excluding hydrogens is 550 g/mol. The van der Waals surface area contributed by atoms with E-state index in [1.807, 2.05) is 104 Å². The van der Waals surface area contributed by atoms with Crippen LogP contribution in [0, 0.1) is 0 Å². The summed E-state index contributed by atoms with van der Waals surface area (Å²) in [6.07, 6.45) is 5.07. The van der Waals surface area contributed by atoms with E-state index in [1.165, 1.54) is 0 Å². The first kappa shape index (κ1) is 30.7. The zero-order valence-electron chi connectivity index (χ0n) is 25.0. The topological polar surface area (TPSA) is 92.2 Å². The molecule has 1 aliphatic heterocycles. The Kier molecular flexibility index (Phi) is 10.6. The molecule has 0 saturated heterocycles. The van der Waals surface area contributed by atoms with Gasteiger partial charge in [0.2, 0.25) is 5.90 Å². The molecule has 5 rings (SSSR count). The maximum absolute atomic E-state index is 14.1. The molecule has 44 heavy (non-hydrogen) atoms. The van der Waals surface area contributed by atoms with Crippen molar-refractivity contribution in [1.29, 1.82) is 0 Å². The molecule has 2 atom stereocenters. The van der Waals surface area contributed by atoms with Crippen LogP contribution >= 0.6 is 0 Å². The molecule has 0 aromatic heterocycles. The first-order chi connectivity index (χ1) is 21.6. The number of aliphatic imine (C=N–C) groups is 1. The Hall–Kier alpha value is -4.72. The van der Waals surface area contributed by atoms with E-state index >= 15 is 0 Å². The summed E-state index contributed by atoms with van der Waals surface area (Å²) in [6.45, 7) is 3.18. The average Bonchev–Trinajstić information content (AvgIpc) is 3.47. The van der Waals surface area contributed by atoms with Gasteiger partial charge in [0.15, 0.2) is 11.6 Å². The molecule has 0 aliphatic carbocycles. The predicted octanol–water partition coefficient (Wildman–Crippen LogP) is 6.51. The Morgan fingerprint density at radius 2 is 1.57 bits per heavy atom. The number of hydrazine groups is 1. The summed E-state index contributed by atoms with van der Waals surface area (Å²) >= 11 is 0.